The molecule has 1 saturated carbocycles. The summed E-state index contributed by atoms with van der Waals surface area (Å²) in [6.45, 7) is 4.51. The summed E-state index contributed by atoms with van der Waals surface area (Å²) in [5.41, 5.74) is 0. The van der Waals surface area contributed by atoms with Crippen molar-refractivity contribution >= 4 is 49.1 Å². The van der Waals surface area contributed by atoms with Gasteiger partial charge >= 0.3 is 0 Å². The van der Waals surface area contributed by atoms with Gasteiger partial charge in [0.25, 0.3) is 5.91 Å². The van der Waals surface area contributed by atoms with Crippen LogP contribution >= 0.6 is 43.2 Å². The molecule has 19 heavy (non-hydrogen) atoms. The zero-order valence-corrected chi connectivity index (χ0v) is 15.2. The minimum atomic E-state index is 0.0638. The van der Waals surface area contributed by atoms with Gasteiger partial charge in [-0.2, -0.15) is 0 Å². The molecule has 1 fully saturated rings. The Kier molecular flexibility index (Phi) is 5.49. The van der Waals surface area contributed by atoms with Crippen LogP contribution in [0.4, 0.5) is 0 Å². The Morgan fingerprint density at radius 2 is 2.05 bits per heavy atom. The third-order valence-electron chi connectivity index (χ3n) is 3.86. The molecule has 2 nitrogen and oxygen atoms in total. The van der Waals surface area contributed by atoms with Crippen molar-refractivity contribution in [3.05, 3.63) is 19.2 Å². The molecule has 0 aromatic carbocycles. The molecule has 2 rings (SSSR count). The maximum atomic E-state index is 12.3. The van der Waals surface area contributed by atoms with E-state index in [9.17, 15) is 4.79 Å². The fourth-order valence-electron chi connectivity index (χ4n) is 2.83. The van der Waals surface area contributed by atoms with Gasteiger partial charge in [-0.15, -0.1) is 11.3 Å². The van der Waals surface area contributed by atoms with Crippen LogP contribution in [0.15, 0.2) is 14.3 Å². The van der Waals surface area contributed by atoms with Crippen LogP contribution in [0.25, 0.3) is 0 Å². The minimum Gasteiger partial charge on any atom is -0.348 e. The summed E-state index contributed by atoms with van der Waals surface area (Å²) in [5.74, 6) is 1.31. The molecule has 0 radical (unpaired) electrons. The molecule has 0 aliphatic heterocycles. The predicted molar refractivity (Wildman–Crippen MR) is 87.8 cm³/mol. The van der Waals surface area contributed by atoms with Crippen molar-refractivity contribution in [3.8, 4) is 0 Å². The van der Waals surface area contributed by atoms with Crippen LogP contribution < -0.4 is 5.32 Å². The van der Waals surface area contributed by atoms with Crippen LogP contribution in [0.5, 0.6) is 0 Å². The fourth-order valence-corrected chi connectivity index (χ4v) is 4.77. The molecule has 0 bridgehead atoms. The molecule has 5 heteroatoms. The molecule has 1 aliphatic rings. The second-order valence-corrected chi connectivity index (χ2v) is 8.73. The third kappa shape index (κ3) is 3.82. The third-order valence-corrected chi connectivity index (χ3v) is 7.12. The van der Waals surface area contributed by atoms with E-state index < -0.39 is 0 Å². The van der Waals surface area contributed by atoms with Crippen molar-refractivity contribution in [2.45, 2.75) is 45.6 Å². The first-order valence-corrected chi connectivity index (χ1v) is 9.15. The van der Waals surface area contributed by atoms with E-state index in [1.54, 1.807) is 0 Å². The molecule has 1 aliphatic carbocycles. The molecule has 2 unspecified atom stereocenters. The number of carbonyl (C=O) groups excluding carboxylic acids is 1. The Morgan fingerprint density at radius 3 is 2.63 bits per heavy atom. The molecule has 0 spiro atoms. The monoisotopic (exact) mass is 407 g/mol. The molecule has 1 heterocycles. The lowest BCUT2D eigenvalue weighted by Gasteiger charge is -2.34. The van der Waals surface area contributed by atoms with Gasteiger partial charge in [-0.05, 0) is 62.6 Å². The molecule has 1 aromatic heterocycles. The van der Waals surface area contributed by atoms with Gasteiger partial charge in [-0.1, -0.05) is 26.7 Å². The average molecular weight is 409 g/mol. The van der Waals surface area contributed by atoms with E-state index in [4.69, 9.17) is 0 Å². The SMILES string of the molecule is CC(C)C1CCCCC1NC(=O)c1cc(Br)c(Br)s1. The zero-order chi connectivity index (χ0) is 14.0. The largest absolute Gasteiger partial charge is 0.348 e. The van der Waals surface area contributed by atoms with E-state index in [1.165, 1.54) is 30.6 Å². The van der Waals surface area contributed by atoms with E-state index in [1.807, 2.05) is 6.07 Å². The summed E-state index contributed by atoms with van der Waals surface area (Å²) >= 11 is 8.34. The normalized spacial score (nSPS) is 23.6. The van der Waals surface area contributed by atoms with Gasteiger partial charge in [0.15, 0.2) is 0 Å². The van der Waals surface area contributed by atoms with E-state index in [2.05, 4.69) is 51.0 Å². The summed E-state index contributed by atoms with van der Waals surface area (Å²) < 4.78 is 1.92. The molecule has 106 valence electrons. The second kappa shape index (κ2) is 6.72. The molecular weight excluding hydrogens is 390 g/mol. The van der Waals surface area contributed by atoms with Gasteiger partial charge in [0, 0.05) is 10.5 Å². The van der Waals surface area contributed by atoms with Crippen LogP contribution in [0, 0.1) is 11.8 Å². The molecule has 1 N–H and O–H groups in total. The summed E-state index contributed by atoms with van der Waals surface area (Å²) in [4.78, 5) is 13.1. The van der Waals surface area contributed by atoms with Crippen LogP contribution in [0.1, 0.15) is 49.2 Å². The van der Waals surface area contributed by atoms with Gasteiger partial charge in [-0.25, -0.2) is 0 Å². The topological polar surface area (TPSA) is 29.1 Å². The predicted octanol–water partition coefficient (Wildman–Crippen LogP) is 5.22. The van der Waals surface area contributed by atoms with Gasteiger partial charge in [0.2, 0.25) is 0 Å². The van der Waals surface area contributed by atoms with E-state index in [-0.39, 0.29) is 5.91 Å². The highest BCUT2D eigenvalue weighted by atomic mass is 79.9. The van der Waals surface area contributed by atoms with Crippen LogP contribution in [-0.2, 0) is 0 Å². The van der Waals surface area contributed by atoms with Crippen molar-refractivity contribution in [3.63, 3.8) is 0 Å². The first-order valence-electron chi connectivity index (χ1n) is 6.74. The molecule has 1 aromatic rings. The smallest absolute Gasteiger partial charge is 0.261 e. The summed E-state index contributed by atoms with van der Waals surface area (Å²) in [6, 6.07) is 2.22. The van der Waals surface area contributed by atoms with Gasteiger partial charge < -0.3 is 5.32 Å². The van der Waals surface area contributed by atoms with E-state index >= 15 is 0 Å². The van der Waals surface area contributed by atoms with E-state index in [0.717, 1.165) is 19.6 Å². The molecule has 0 saturated heterocycles. The lowest BCUT2D eigenvalue weighted by atomic mass is 9.78. The number of halogens is 2. The van der Waals surface area contributed by atoms with Gasteiger partial charge in [-0.3, -0.25) is 4.79 Å². The van der Waals surface area contributed by atoms with Crippen LogP contribution in [-0.4, -0.2) is 11.9 Å². The summed E-state index contributed by atoms with van der Waals surface area (Å²) in [6.07, 6.45) is 4.88. The Labute approximate surface area is 135 Å². The van der Waals surface area contributed by atoms with Gasteiger partial charge in [0.05, 0.1) is 8.66 Å². The number of nitrogens with one attached hydrogen (secondary N) is 1. The second-order valence-electron chi connectivity index (χ2n) is 5.50. The van der Waals surface area contributed by atoms with Crippen molar-refractivity contribution in [2.75, 3.05) is 0 Å². The van der Waals surface area contributed by atoms with Crippen molar-refractivity contribution < 1.29 is 4.79 Å². The lowest BCUT2D eigenvalue weighted by Crippen LogP contribution is -2.43. The Hall–Kier alpha value is 0.130. The first kappa shape index (κ1) is 15.5. The standard InChI is InChI=1S/C14H19Br2NOS/c1-8(2)9-5-3-4-6-11(9)17-14(18)12-7-10(15)13(16)19-12/h7-9,11H,3-6H2,1-2H3,(H,17,18). The quantitative estimate of drug-likeness (QED) is 0.729. The summed E-state index contributed by atoms with van der Waals surface area (Å²) in [7, 11) is 0. The number of rotatable bonds is 3. The highest BCUT2D eigenvalue weighted by Crippen LogP contribution is 2.34. The zero-order valence-electron chi connectivity index (χ0n) is 11.2. The van der Waals surface area contributed by atoms with Crippen LogP contribution in [0.2, 0.25) is 0 Å². The molecular formula is C14H19Br2NOS. The first-order chi connectivity index (χ1) is 8.99. The molecule has 2 atom stereocenters. The highest BCUT2D eigenvalue weighted by molar-refractivity contribution is 9.13. The molecule has 1 amide bonds. The van der Waals surface area contributed by atoms with Crippen molar-refractivity contribution in [2.24, 2.45) is 11.8 Å². The fraction of sp³-hybridized carbons (Fsp3) is 0.643. The number of carbonyl (C=O) groups is 1. The Bertz CT molecular complexity index is 439. The Balaban J connectivity index is 2.04. The number of amides is 1. The number of hydrogen-bond donors (Lipinski definition) is 1. The van der Waals surface area contributed by atoms with Crippen molar-refractivity contribution in [1.82, 2.24) is 5.32 Å². The van der Waals surface area contributed by atoms with Crippen molar-refractivity contribution in [1.29, 1.82) is 0 Å². The van der Waals surface area contributed by atoms with Gasteiger partial charge in [0.1, 0.15) is 0 Å². The highest BCUT2D eigenvalue weighted by Gasteiger charge is 2.29. The Morgan fingerprint density at radius 1 is 1.37 bits per heavy atom. The lowest BCUT2D eigenvalue weighted by molar-refractivity contribution is 0.0893. The maximum absolute atomic E-state index is 12.3. The minimum absolute atomic E-state index is 0.0638. The van der Waals surface area contributed by atoms with E-state index in [0.29, 0.717) is 17.9 Å². The summed E-state index contributed by atoms with van der Waals surface area (Å²) in [5, 5.41) is 3.24. The number of thiophene rings is 1. The average Bonchev–Trinajstić information content (AvgIpc) is 2.70. The number of hydrogen-bond acceptors (Lipinski definition) is 2. The van der Waals surface area contributed by atoms with Crippen LogP contribution in [0.3, 0.4) is 0 Å². The maximum Gasteiger partial charge on any atom is 0.261 e.